The van der Waals surface area contributed by atoms with Crippen molar-refractivity contribution in [2.75, 3.05) is 13.7 Å². The molecule has 0 spiro atoms. The number of ether oxygens (including phenoxy) is 3. The number of carbonyl (C=O) groups excluding carboxylic acids is 2. The molecule has 1 rings (SSSR count). The average Bonchev–Trinajstić information content (AvgIpc) is 2.50. The van der Waals surface area contributed by atoms with E-state index in [4.69, 9.17) is 14.2 Å². The number of hydrogen-bond acceptors (Lipinski definition) is 6. The standard InChI is InChI=1S/C17H25NO6/c1-6-23-15(20)13(18-16(21)24-17(2,3)4)14(19)11-7-9-12(22-5)10-8-11/h7-10,13-14,19H,6H2,1-5H3,(H,18,21). The maximum absolute atomic E-state index is 12.1. The Hall–Kier alpha value is -2.28. The molecule has 0 aliphatic rings. The molecule has 1 aromatic carbocycles. The molecule has 0 aliphatic heterocycles. The van der Waals surface area contributed by atoms with Crippen LogP contribution in [-0.4, -0.2) is 42.5 Å². The summed E-state index contributed by atoms with van der Waals surface area (Å²) >= 11 is 0. The highest BCUT2D eigenvalue weighted by atomic mass is 16.6. The van der Waals surface area contributed by atoms with Gasteiger partial charge < -0.3 is 24.6 Å². The van der Waals surface area contributed by atoms with Crippen LogP contribution >= 0.6 is 0 Å². The van der Waals surface area contributed by atoms with Crippen LogP contribution in [0.25, 0.3) is 0 Å². The minimum absolute atomic E-state index is 0.126. The summed E-state index contributed by atoms with van der Waals surface area (Å²) < 4.78 is 15.1. The van der Waals surface area contributed by atoms with Crippen molar-refractivity contribution < 1.29 is 28.9 Å². The average molecular weight is 339 g/mol. The van der Waals surface area contributed by atoms with Crippen molar-refractivity contribution >= 4 is 12.1 Å². The summed E-state index contributed by atoms with van der Waals surface area (Å²) in [4.78, 5) is 24.0. The van der Waals surface area contributed by atoms with Gasteiger partial charge in [-0.25, -0.2) is 9.59 Å². The van der Waals surface area contributed by atoms with E-state index >= 15 is 0 Å². The van der Waals surface area contributed by atoms with Crippen LogP contribution in [0.15, 0.2) is 24.3 Å². The second-order valence-corrected chi connectivity index (χ2v) is 6.09. The Kier molecular flexibility index (Phi) is 7.03. The van der Waals surface area contributed by atoms with Gasteiger partial charge in [0.2, 0.25) is 0 Å². The molecular weight excluding hydrogens is 314 g/mol. The number of aliphatic hydroxyl groups is 1. The van der Waals surface area contributed by atoms with E-state index in [0.29, 0.717) is 11.3 Å². The van der Waals surface area contributed by atoms with Gasteiger partial charge in [0.25, 0.3) is 0 Å². The van der Waals surface area contributed by atoms with Crippen molar-refractivity contribution in [2.24, 2.45) is 0 Å². The lowest BCUT2D eigenvalue weighted by atomic mass is 10.0. The van der Waals surface area contributed by atoms with E-state index in [2.05, 4.69) is 5.32 Å². The molecule has 0 aliphatic carbocycles. The molecule has 0 radical (unpaired) electrons. The first kappa shape index (κ1) is 19.8. The van der Waals surface area contributed by atoms with Gasteiger partial charge in [0.1, 0.15) is 17.5 Å². The topological polar surface area (TPSA) is 94.1 Å². The third-order valence-corrected chi connectivity index (χ3v) is 2.99. The minimum atomic E-state index is -1.29. The molecule has 0 saturated carbocycles. The number of carbonyl (C=O) groups is 2. The Balaban J connectivity index is 2.94. The molecule has 1 aromatic rings. The molecular formula is C17H25NO6. The first-order chi connectivity index (χ1) is 11.2. The number of nitrogens with one attached hydrogen (secondary N) is 1. The molecule has 2 N–H and O–H groups in total. The Bertz CT molecular complexity index is 549. The van der Waals surface area contributed by atoms with Crippen LogP contribution in [-0.2, 0) is 14.3 Å². The molecule has 7 nitrogen and oxygen atoms in total. The number of esters is 1. The molecule has 0 aromatic heterocycles. The second kappa shape index (κ2) is 8.54. The van der Waals surface area contributed by atoms with Gasteiger partial charge in [0.05, 0.1) is 13.7 Å². The molecule has 0 bridgehead atoms. The van der Waals surface area contributed by atoms with Crippen molar-refractivity contribution in [2.45, 2.75) is 45.4 Å². The molecule has 24 heavy (non-hydrogen) atoms. The molecule has 7 heteroatoms. The Morgan fingerprint density at radius 2 is 1.79 bits per heavy atom. The van der Waals surface area contributed by atoms with E-state index in [1.54, 1.807) is 52.0 Å². The zero-order valence-corrected chi connectivity index (χ0v) is 14.7. The monoisotopic (exact) mass is 339 g/mol. The summed E-state index contributed by atoms with van der Waals surface area (Å²) in [5.41, 5.74) is -0.293. The van der Waals surface area contributed by atoms with Crippen LogP contribution in [0.2, 0.25) is 0 Å². The lowest BCUT2D eigenvalue weighted by Crippen LogP contribution is -2.47. The van der Waals surface area contributed by atoms with Crippen molar-refractivity contribution in [3.63, 3.8) is 0 Å². The molecule has 2 unspecified atom stereocenters. The van der Waals surface area contributed by atoms with Crippen molar-refractivity contribution in [3.8, 4) is 5.75 Å². The van der Waals surface area contributed by atoms with Crippen LogP contribution in [0, 0.1) is 0 Å². The van der Waals surface area contributed by atoms with Crippen molar-refractivity contribution in [1.29, 1.82) is 0 Å². The number of hydrogen-bond donors (Lipinski definition) is 2. The van der Waals surface area contributed by atoms with Crippen LogP contribution in [0.1, 0.15) is 39.4 Å². The number of aliphatic hydroxyl groups excluding tert-OH is 1. The zero-order chi connectivity index (χ0) is 18.3. The summed E-state index contributed by atoms with van der Waals surface area (Å²) in [5.74, 6) is -0.134. The maximum Gasteiger partial charge on any atom is 0.408 e. The van der Waals surface area contributed by atoms with E-state index in [1.807, 2.05) is 0 Å². The summed E-state index contributed by atoms with van der Waals surface area (Å²) in [5, 5.41) is 12.8. The summed E-state index contributed by atoms with van der Waals surface area (Å²) in [6.45, 7) is 6.87. The molecule has 2 atom stereocenters. The number of alkyl carbamates (subject to hydrolysis) is 1. The smallest absolute Gasteiger partial charge is 0.408 e. The van der Waals surface area contributed by atoms with E-state index < -0.39 is 29.8 Å². The number of amides is 1. The fourth-order valence-electron chi connectivity index (χ4n) is 1.93. The predicted octanol–water partition coefficient (Wildman–Crippen LogP) is 2.18. The number of methoxy groups -OCH3 is 1. The normalized spacial score (nSPS) is 13.6. The highest BCUT2D eigenvalue weighted by Crippen LogP contribution is 2.21. The third kappa shape index (κ3) is 6.08. The van der Waals surface area contributed by atoms with Crippen molar-refractivity contribution in [3.05, 3.63) is 29.8 Å². The van der Waals surface area contributed by atoms with Gasteiger partial charge >= 0.3 is 12.1 Å². The maximum atomic E-state index is 12.1. The first-order valence-corrected chi connectivity index (χ1v) is 7.66. The first-order valence-electron chi connectivity index (χ1n) is 7.66. The van der Waals surface area contributed by atoms with E-state index in [9.17, 15) is 14.7 Å². The van der Waals surface area contributed by atoms with Crippen molar-refractivity contribution in [1.82, 2.24) is 5.32 Å². The Labute approximate surface area is 141 Å². The predicted molar refractivity (Wildman–Crippen MR) is 87.7 cm³/mol. The van der Waals surface area contributed by atoms with E-state index in [0.717, 1.165) is 0 Å². The van der Waals surface area contributed by atoms with Gasteiger partial charge in [-0.1, -0.05) is 12.1 Å². The largest absolute Gasteiger partial charge is 0.497 e. The van der Waals surface area contributed by atoms with Crippen LogP contribution in [0.3, 0.4) is 0 Å². The zero-order valence-electron chi connectivity index (χ0n) is 14.7. The minimum Gasteiger partial charge on any atom is -0.497 e. The molecule has 134 valence electrons. The molecule has 0 saturated heterocycles. The summed E-state index contributed by atoms with van der Waals surface area (Å²) in [6.07, 6.45) is -2.10. The van der Waals surface area contributed by atoms with Gasteiger partial charge in [0, 0.05) is 0 Å². The van der Waals surface area contributed by atoms with Gasteiger partial charge in [-0.15, -0.1) is 0 Å². The quantitative estimate of drug-likeness (QED) is 0.772. The van der Waals surface area contributed by atoms with Gasteiger partial charge in [0.15, 0.2) is 6.04 Å². The summed E-state index contributed by atoms with van der Waals surface area (Å²) in [6, 6.07) is 5.22. The molecule has 0 fully saturated rings. The fourth-order valence-corrected chi connectivity index (χ4v) is 1.93. The molecule has 0 heterocycles. The van der Waals surface area contributed by atoms with Gasteiger partial charge in [-0.2, -0.15) is 0 Å². The lowest BCUT2D eigenvalue weighted by Gasteiger charge is -2.25. The van der Waals surface area contributed by atoms with Gasteiger partial charge in [-0.05, 0) is 45.4 Å². The van der Waals surface area contributed by atoms with E-state index in [-0.39, 0.29) is 6.61 Å². The Morgan fingerprint density at radius 3 is 2.25 bits per heavy atom. The number of rotatable bonds is 6. The molecule has 1 amide bonds. The van der Waals surface area contributed by atoms with Crippen LogP contribution in [0.4, 0.5) is 4.79 Å². The van der Waals surface area contributed by atoms with Crippen LogP contribution < -0.4 is 10.1 Å². The lowest BCUT2D eigenvalue weighted by molar-refractivity contribution is -0.148. The van der Waals surface area contributed by atoms with Gasteiger partial charge in [-0.3, -0.25) is 0 Å². The highest BCUT2D eigenvalue weighted by molar-refractivity contribution is 5.82. The third-order valence-electron chi connectivity index (χ3n) is 2.99. The fraction of sp³-hybridized carbons (Fsp3) is 0.529. The highest BCUT2D eigenvalue weighted by Gasteiger charge is 2.32. The van der Waals surface area contributed by atoms with E-state index in [1.165, 1.54) is 7.11 Å². The Morgan fingerprint density at radius 1 is 1.21 bits per heavy atom. The number of benzene rings is 1. The van der Waals surface area contributed by atoms with Crippen LogP contribution in [0.5, 0.6) is 5.75 Å². The SMILES string of the molecule is CCOC(=O)C(NC(=O)OC(C)(C)C)C(O)c1ccc(OC)cc1. The second-order valence-electron chi connectivity index (χ2n) is 6.09. The summed E-state index contributed by atoms with van der Waals surface area (Å²) in [7, 11) is 1.52.